The van der Waals surface area contributed by atoms with Crippen molar-refractivity contribution in [3.05, 3.63) is 12.7 Å². The third-order valence-corrected chi connectivity index (χ3v) is 1.71. The molecule has 2 N–H and O–H groups in total. The molecule has 0 fully saturated rings. The van der Waals surface area contributed by atoms with E-state index in [9.17, 15) is 17.8 Å². The predicted molar refractivity (Wildman–Crippen MR) is 69.3 cm³/mol. The average molecular weight is 284 g/mol. The molecule has 0 aliphatic rings. The van der Waals surface area contributed by atoms with Crippen LogP contribution < -0.4 is 5.73 Å². The van der Waals surface area contributed by atoms with Gasteiger partial charge in [0.05, 0.1) is 34.8 Å². The van der Waals surface area contributed by atoms with E-state index in [4.69, 9.17) is 0 Å². The standard InChI is InChI=1S/C6H16N.C3H5NO.CH4O4S/c1-5-6-7(2,3)4;1-2-3(4)5;1-5-6(2,3)4/h5-6H2,1-4H3;2H,1H2,(H2,4,5);1H3,(H,2,3,4)/q+1;;/p-1. The Labute approximate surface area is 110 Å². The molecule has 8 heteroatoms. The van der Waals surface area contributed by atoms with Crippen LogP contribution in [0.4, 0.5) is 0 Å². The molecule has 7 nitrogen and oxygen atoms in total. The first-order valence-corrected chi connectivity index (χ1v) is 6.46. The Morgan fingerprint density at radius 3 is 1.72 bits per heavy atom. The minimum Gasteiger partial charge on any atom is -0.726 e. The van der Waals surface area contributed by atoms with Gasteiger partial charge in [-0.15, -0.1) is 0 Å². The fourth-order valence-electron chi connectivity index (χ4n) is 0.671. The van der Waals surface area contributed by atoms with Crippen LogP contribution in [0, 0.1) is 0 Å². The molecule has 0 radical (unpaired) electrons. The van der Waals surface area contributed by atoms with Crippen LogP contribution in [0.5, 0.6) is 0 Å². The smallest absolute Gasteiger partial charge is 0.240 e. The van der Waals surface area contributed by atoms with E-state index in [0.29, 0.717) is 0 Å². The summed E-state index contributed by atoms with van der Waals surface area (Å²) >= 11 is 0. The molecule has 110 valence electrons. The molecule has 0 aliphatic heterocycles. The van der Waals surface area contributed by atoms with Crippen molar-refractivity contribution in [2.75, 3.05) is 34.8 Å². The number of carbonyl (C=O) groups excluding carboxylic acids is 1. The number of hydrogen-bond acceptors (Lipinski definition) is 5. The fourth-order valence-corrected chi connectivity index (χ4v) is 0.671. The second kappa shape index (κ2) is 11.1. The molecule has 0 unspecified atom stereocenters. The topological polar surface area (TPSA) is 110 Å². The molecule has 0 aromatic heterocycles. The first kappa shape index (κ1) is 22.2. The van der Waals surface area contributed by atoms with Gasteiger partial charge in [-0.25, -0.2) is 8.42 Å². The Bertz CT molecular complexity index is 320. The van der Waals surface area contributed by atoms with Gasteiger partial charge in [-0.1, -0.05) is 13.5 Å². The molecular weight excluding hydrogens is 260 g/mol. The number of hydrogen-bond donors (Lipinski definition) is 1. The molecule has 0 aromatic carbocycles. The van der Waals surface area contributed by atoms with Crippen LogP contribution in [0.3, 0.4) is 0 Å². The predicted octanol–water partition coefficient (Wildman–Crippen LogP) is -0.147. The monoisotopic (exact) mass is 284 g/mol. The summed E-state index contributed by atoms with van der Waals surface area (Å²) in [6, 6.07) is 0. The Morgan fingerprint density at radius 1 is 1.44 bits per heavy atom. The number of rotatable bonds is 4. The Hall–Kier alpha value is -0.960. The van der Waals surface area contributed by atoms with Crippen molar-refractivity contribution in [3.63, 3.8) is 0 Å². The lowest BCUT2D eigenvalue weighted by Crippen LogP contribution is -2.34. The van der Waals surface area contributed by atoms with E-state index in [2.05, 4.69) is 44.6 Å². The molecule has 0 saturated carbocycles. The van der Waals surface area contributed by atoms with Crippen molar-refractivity contribution in [2.24, 2.45) is 5.73 Å². The van der Waals surface area contributed by atoms with E-state index < -0.39 is 16.3 Å². The minimum atomic E-state index is -4.41. The molecule has 0 heterocycles. The van der Waals surface area contributed by atoms with Crippen LogP contribution in [-0.2, 0) is 19.4 Å². The van der Waals surface area contributed by atoms with Crippen molar-refractivity contribution in [1.82, 2.24) is 0 Å². The van der Waals surface area contributed by atoms with Crippen molar-refractivity contribution < 1.29 is 26.4 Å². The SMILES string of the molecule is C=CC(N)=O.CCC[N+](C)(C)C.COS(=O)(=O)[O-]. The second-order valence-corrected chi connectivity index (χ2v) is 5.35. The second-order valence-electron chi connectivity index (χ2n) is 4.20. The summed E-state index contributed by atoms with van der Waals surface area (Å²) in [5.74, 6) is -0.481. The van der Waals surface area contributed by atoms with Crippen LogP contribution in [0.15, 0.2) is 12.7 Å². The lowest BCUT2D eigenvalue weighted by molar-refractivity contribution is -0.870. The zero-order valence-corrected chi connectivity index (χ0v) is 12.5. The van der Waals surface area contributed by atoms with E-state index >= 15 is 0 Å². The first-order valence-electron chi connectivity index (χ1n) is 5.13. The zero-order valence-electron chi connectivity index (χ0n) is 11.7. The van der Waals surface area contributed by atoms with E-state index in [1.807, 2.05) is 0 Å². The third-order valence-electron chi connectivity index (χ3n) is 1.30. The summed E-state index contributed by atoms with van der Waals surface area (Å²) in [4.78, 5) is 9.47. The number of primary amides is 1. The highest BCUT2D eigenvalue weighted by atomic mass is 32.3. The van der Waals surface area contributed by atoms with Gasteiger partial charge in [-0.3, -0.25) is 8.98 Å². The van der Waals surface area contributed by atoms with Gasteiger partial charge >= 0.3 is 0 Å². The van der Waals surface area contributed by atoms with Gasteiger partial charge in [0.2, 0.25) is 16.3 Å². The van der Waals surface area contributed by atoms with Gasteiger partial charge in [0.25, 0.3) is 0 Å². The molecule has 0 aromatic rings. The first-order chi connectivity index (χ1) is 7.89. The normalized spacial score (nSPS) is 10.3. The Kier molecular flexibility index (Phi) is 13.8. The molecule has 0 atom stereocenters. The molecule has 0 saturated heterocycles. The van der Waals surface area contributed by atoms with Crippen LogP contribution in [0.2, 0.25) is 0 Å². The summed E-state index contributed by atoms with van der Waals surface area (Å²) in [5.41, 5.74) is 4.53. The highest BCUT2D eigenvalue weighted by Crippen LogP contribution is 1.90. The molecule has 0 bridgehead atoms. The lowest BCUT2D eigenvalue weighted by Gasteiger charge is -2.22. The van der Waals surface area contributed by atoms with E-state index in [-0.39, 0.29) is 0 Å². The lowest BCUT2D eigenvalue weighted by atomic mass is 10.4. The molecule has 0 spiro atoms. The van der Waals surface area contributed by atoms with Gasteiger partial charge in [-0.2, -0.15) is 0 Å². The molecule has 0 rings (SSSR count). The number of nitrogens with two attached hydrogens (primary N) is 1. The molecule has 18 heavy (non-hydrogen) atoms. The Morgan fingerprint density at radius 2 is 1.72 bits per heavy atom. The van der Waals surface area contributed by atoms with Crippen molar-refractivity contribution >= 4 is 16.3 Å². The van der Waals surface area contributed by atoms with Gasteiger partial charge in [0.15, 0.2) is 0 Å². The van der Waals surface area contributed by atoms with Crippen molar-refractivity contribution in [1.29, 1.82) is 0 Å². The molecule has 0 aliphatic carbocycles. The highest BCUT2D eigenvalue weighted by Gasteiger charge is 2.01. The van der Waals surface area contributed by atoms with Crippen molar-refractivity contribution in [2.45, 2.75) is 13.3 Å². The largest absolute Gasteiger partial charge is 0.726 e. The highest BCUT2D eigenvalue weighted by molar-refractivity contribution is 7.80. The summed E-state index contributed by atoms with van der Waals surface area (Å²) < 4.78 is 32.1. The summed E-state index contributed by atoms with van der Waals surface area (Å²) in [6.07, 6.45) is 2.34. The van der Waals surface area contributed by atoms with Gasteiger partial charge in [0.1, 0.15) is 0 Å². The fraction of sp³-hybridized carbons (Fsp3) is 0.700. The maximum Gasteiger partial charge on any atom is 0.240 e. The van der Waals surface area contributed by atoms with Crippen LogP contribution >= 0.6 is 0 Å². The summed E-state index contributed by atoms with van der Waals surface area (Å²) in [6.45, 7) is 6.58. The van der Waals surface area contributed by atoms with Gasteiger partial charge < -0.3 is 14.8 Å². The summed E-state index contributed by atoms with van der Waals surface area (Å²) in [5, 5.41) is 0. The van der Waals surface area contributed by atoms with Gasteiger partial charge in [0, 0.05) is 0 Å². The van der Waals surface area contributed by atoms with E-state index in [0.717, 1.165) is 17.7 Å². The quantitative estimate of drug-likeness (QED) is 0.334. The number of carbonyl (C=O) groups is 1. The van der Waals surface area contributed by atoms with Crippen LogP contribution in [0.1, 0.15) is 13.3 Å². The number of amides is 1. The zero-order chi connectivity index (χ0) is 15.4. The third kappa shape index (κ3) is 45.9. The molecule has 1 amide bonds. The number of quaternary nitrogens is 1. The minimum absolute atomic E-state index is 0.481. The number of nitrogens with zero attached hydrogens (tertiary/aromatic N) is 1. The van der Waals surface area contributed by atoms with Crippen LogP contribution in [-0.4, -0.2) is 58.2 Å². The van der Waals surface area contributed by atoms with Crippen LogP contribution in [0.25, 0.3) is 0 Å². The Balaban J connectivity index is -0.000000190. The molecular formula is C10H24N2O5S. The summed E-state index contributed by atoms with van der Waals surface area (Å²) in [7, 11) is 3.03. The maximum absolute atomic E-state index is 9.47. The van der Waals surface area contributed by atoms with Gasteiger partial charge in [-0.05, 0) is 12.5 Å². The van der Waals surface area contributed by atoms with E-state index in [1.165, 1.54) is 13.0 Å². The van der Waals surface area contributed by atoms with E-state index in [1.54, 1.807) is 0 Å². The average Bonchev–Trinajstić information content (AvgIpc) is 2.16. The van der Waals surface area contributed by atoms with Crippen molar-refractivity contribution in [3.8, 4) is 0 Å². The maximum atomic E-state index is 9.47.